The highest BCUT2D eigenvalue weighted by molar-refractivity contribution is 9.10. The molecule has 0 spiro atoms. The number of ether oxygens (including phenoxy) is 1. The number of methoxy groups -OCH3 is 1. The van der Waals surface area contributed by atoms with Gasteiger partial charge >= 0.3 is 6.09 Å². The Morgan fingerprint density at radius 1 is 1.15 bits per heavy atom. The van der Waals surface area contributed by atoms with Crippen molar-refractivity contribution in [3.8, 4) is 0 Å². The molecule has 1 heterocycles. The van der Waals surface area contributed by atoms with Crippen LogP contribution in [0.5, 0.6) is 0 Å². The van der Waals surface area contributed by atoms with E-state index in [4.69, 9.17) is 0 Å². The molecule has 0 atom stereocenters. The van der Waals surface area contributed by atoms with Gasteiger partial charge < -0.3 is 9.64 Å². The number of amides is 1. The molecule has 1 aliphatic heterocycles. The SMILES string of the molecule is COC(=O)N1CCN(S(=O)(=O)c2ccc(Br)cc2)CC1. The highest BCUT2D eigenvalue weighted by atomic mass is 79.9. The van der Waals surface area contributed by atoms with E-state index in [-0.39, 0.29) is 18.0 Å². The lowest BCUT2D eigenvalue weighted by atomic mass is 10.4. The molecule has 1 aromatic rings. The molecular formula is C12H15BrN2O4S. The molecule has 1 saturated heterocycles. The van der Waals surface area contributed by atoms with Gasteiger partial charge in [0.1, 0.15) is 0 Å². The van der Waals surface area contributed by atoms with E-state index in [1.807, 2.05) is 0 Å². The highest BCUT2D eigenvalue weighted by Gasteiger charge is 2.30. The number of benzene rings is 1. The number of rotatable bonds is 2. The van der Waals surface area contributed by atoms with E-state index in [0.29, 0.717) is 13.1 Å². The zero-order valence-corrected chi connectivity index (χ0v) is 13.4. The summed E-state index contributed by atoms with van der Waals surface area (Å²) in [7, 11) is -2.19. The lowest BCUT2D eigenvalue weighted by Crippen LogP contribution is -2.50. The van der Waals surface area contributed by atoms with Gasteiger partial charge in [0, 0.05) is 30.7 Å². The molecule has 1 amide bonds. The fourth-order valence-electron chi connectivity index (χ4n) is 2.00. The van der Waals surface area contributed by atoms with Crippen molar-refractivity contribution in [3.05, 3.63) is 28.7 Å². The van der Waals surface area contributed by atoms with Crippen molar-refractivity contribution in [2.45, 2.75) is 4.90 Å². The van der Waals surface area contributed by atoms with Gasteiger partial charge in [-0.05, 0) is 24.3 Å². The number of piperazine rings is 1. The molecule has 0 unspecified atom stereocenters. The molecule has 20 heavy (non-hydrogen) atoms. The number of halogens is 1. The van der Waals surface area contributed by atoms with Gasteiger partial charge in [0.25, 0.3) is 0 Å². The lowest BCUT2D eigenvalue weighted by Gasteiger charge is -2.33. The van der Waals surface area contributed by atoms with Gasteiger partial charge in [0.05, 0.1) is 12.0 Å². The monoisotopic (exact) mass is 362 g/mol. The van der Waals surface area contributed by atoms with E-state index in [2.05, 4.69) is 20.7 Å². The quantitative estimate of drug-likeness (QED) is 0.799. The molecule has 110 valence electrons. The third-order valence-electron chi connectivity index (χ3n) is 3.12. The second-order valence-corrected chi connectivity index (χ2v) is 7.17. The number of hydrogen-bond acceptors (Lipinski definition) is 4. The first-order chi connectivity index (χ1) is 9.45. The second kappa shape index (κ2) is 6.11. The first-order valence-corrected chi connectivity index (χ1v) is 8.27. The van der Waals surface area contributed by atoms with Crippen LogP contribution in [0.1, 0.15) is 0 Å². The average molecular weight is 363 g/mol. The van der Waals surface area contributed by atoms with E-state index in [0.717, 1.165) is 4.47 Å². The Bertz CT molecular complexity index is 580. The fraction of sp³-hybridized carbons (Fsp3) is 0.417. The standard InChI is InChI=1S/C12H15BrN2O4S/c1-19-12(16)14-6-8-15(9-7-14)20(17,18)11-4-2-10(13)3-5-11/h2-5H,6-9H2,1H3. The van der Waals surface area contributed by atoms with Gasteiger partial charge in [-0.15, -0.1) is 0 Å². The number of hydrogen-bond donors (Lipinski definition) is 0. The highest BCUT2D eigenvalue weighted by Crippen LogP contribution is 2.20. The molecule has 8 heteroatoms. The zero-order valence-electron chi connectivity index (χ0n) is 11.0. The largest absolute Gasteiger partial charge is 0.453 e. The number of sulfonamides is 1. The Hall–Kier alpha value is -1.12. The summed E-state index contributed by atoms with van der Waals surface area (Å²) < 4.78 is 31.7. The van der Waals surface area contributed by atoms with Crippen molar-refractivity contribution < 1.29 is 17.9 Å². The van der Waals surface area contributed by atoms with Gasteiger partial charge in [-0.2, -0.15) is 4.31 Å². The van der Waals surface area contributed by atoms with Crippen LogP contribution in [-0.4, -0.2) is 57.0 Å². The minimum absolute atomic E-state index is 0.257. The Morgan fingerprint density at radius 2 is 1.70 bits per heavy atom. The molecule has 0 radical (unpaired) electrons. The minimum atomic E-state index is -3.50. The Kier molecular flexibility index (Phi) is 4.66. The van der Waals surface area contributed by atoms with Crippen molar-refractivity contribution in [1.82, 2.24) is 9.21 Å². The molecule has 0 aliphatic carbocycles. The molecule has 1 aromatic carbocycles. The molecule has 0 aromatic heterocycles. The summed E-state index contributed by atoms with van der Waals surface area (Å²) in [4.78, 5) is 13.1. The summed E-state index contributed by atoms with van der Waals surface area (Å²) in [6.45, 7) is 1.21. The lowest BCUT2D eigenvalue weighted by molar-refractivity contribution is 0.108. The van der Waals surface area contributed by atoms with Crippen LogP contribution in [0.15, 0.2) is 33.6 Å². The zero-order chi connectivity index (χ0) is 14.8. The van der Waals surface area contributed by atoms with E-state index in [1.165, 1.54) is 16.3 Å². The molecule has 0 N–H and O–H groups in total. The fourth-order valence-corrected chi connectivity index (χ4v) is 3.68. The molecule has 6 nitrogen and oxygen atoms in total. The third-order valence-corrected chi connectivity index (χ3v) is 5.56. The van der Waals surface area contributed by atoms with Gasteiger partial charge in [-0.3, -0.25) is 0 Å². The van der Waals surface area contributed by atoms with E-state index in [1.54, 1.807) is 24.3 Å². The summed E-state index contributed by atoms with van der Waals surface area (Å²) in [5, 5.41) is 0. The Morgan fingerprint density at radius 3 is 2.20 bits per heavy atom. The summed E-state index contributed by atoms with van der Waals surface area (Å²) >= 11 is 3.27. The maximum Gasteiger partial charge on any atom is 0.409 e. The molecule has 0 saturated carbocycles. The first kappa shape index (κ1) is 15.3. The van der Waals surface area contributed by atoms with Crippen LogP contribution in [0.4, 0.5) is 4.79 Å². The van der Waals surface area contributed by atoms with Crippen LogP contribution in [-0.2, 0) is 14.8 Å². The Balaban J connectivity index is 2.09. The summed E-state index contributed by atoms with van der Waals surface area (Å²) in [5.41, 5.74) is 0. The Labute approximate surface area is 126 Å². The first-order valence-electron chi connectivity index (χ1n) is 6.04. The summed E-state index contributed by atoms with van der Waals surface area (Å²) in [5.74, 6) is 0. The van der Waals surface area contributed by atoms with Crippen LogP contribution in [0.2, 0.25) is 0 Å². The smallest absolute Gasteiger partial charge is 0.409 e. The maximum absolute atomic E-state index is 12.4. The second-order valence-electron chi connectivity index (χ2n) is 4.32. The van der Waals surface area contributed by atoms with Gasteiger partial charge in [-0.25, -0.2) is 13.2 Å². The van der Waals surface area contributed by atoms with E-state index < -0.39 is 16.1 Å². The molecule has 1 fully saturated rings. The van der Waals surface area contributed by atoms with Crippen molar-refractivity contribution >= 4 is 32.0 Å². The number of carbonyl (C=O) groups is 1. The predicted octanol–water partition coefficient (Wildman–Crippen LogP) is 1.52. The van der Waals surface area contributed by atoms with Gasteiger partial charge in [-0.1, -0.05) is 15.9 Å². The van der Waals surface area contributed by atoms with Crippen LogP contribution in [0.3, 0.4) is 0 Å². The minimum Gasteiger partial charge on any atom is -0.453 e. The molecular weight excluding hydrogens is 348 g/mol. The normalized spacial score (nSPS) is 17.0. The van der Waals surface area contributed by atoms with Crippen molar-refractivity contribution in [3.63, 3.8) is 0 Å². The molecule has 0 bridgehead atoms. The number of carbonyl (C=O) groups excluding carboxylic acids is 1. The van der Waals surface area contributed by atoms with Gasteiger partial charge in [0.2, 0.25) is 10.0 Å². The van der Waals surface area contributed by atoms with Crippen LogP contribution in [0, 0.1) is 0 Å². The topological polar surface area (TPSA) is 66.9 Å². The van der Waals surface area contributed by atoms with Crippen molar-refractivity contribution in [2.24, 2.45) is 0 Å². The predicted molar refractivity (Wildman–Crippen MR) is 76.9 cm³/mol. The van der Waals surface area contributed by atoms with Gasteiger partial charge in [0.15, 0.2) is 0 Å². The van der Waals surface area contributed by atoms with Crippen LogP contribution in [0.25, 0.3) is 0 Å². The van der Waals surface area contributed by atoms with E-state index in [9.17, 15) is 13.2 Å². The van der Waals surface area contributed by atoms with E-state index >= 15 is 0 Å². The van der Waals surface area contributed by atoms with Crippen molar-refractivity contribution in [1.29, 1.82) is 0 Å². The summed E-state index contributed by atoms with van der Waals surface area (Å²) in [6.07, 6.45) is -0.425. The average Bonchev–Trinajstić information content (AvgIpc) is 2.47. The third kappa shape index (κ3) is 3.13. The maximum atomic E-state index is 12.4. The number of nitrogens with zero attached hydrogens (tertiary/aromatic N) is 2. The van der Waals surface area contributed by atoms with Crippen molar-refractivity contribution in [2.75, 3.05) is 33.3 Å². The van der Waals surface area contributed by atoms with Crippen LogP contribution >= 0.6 is 15.9 Å². The molecule has 1 aliphatic rings. The summed E-state index contributed by atoms with van der Waals surface area (Å²) in [6, 6.07) is 6.51. The van der Waals surface area contributed by atoms with Crippen LogP contribution < -0.4 is 0 Å². The molecule has 2 rings (SSSR count).